The number of rotatable bonds is 4. The maximum absolute atomic E-state index is 5.44. The summed E-state index contributed by atoms with van der Waals surface area (Å²) in [4.78, 5) is 1.38. The lowest BCUT2D eigenvalue weighted by molar-refractivity contribution is 0.338. The molecule has 0 spiro atoms. The summed E-state index contributed by atoms with van der Waals surface area (Å²) in [5, 5.41) is 2.09. The fourth-order valence-electron chi connectivity index (χ4n) is 1.02. The van der Waals surface area contributed by atoms with Crippen LogP contribution in [0, 0.1) is 0 Å². The van der Waals surface area contributed by atoms with Crippen molar-refractivity contribution in [2.24, 2.45) is 0 Å². The molecule has 0 radical (unpaired) electrons. The number of thiophene rings is 1. The van der Waals surface area contributed by atoms with E-state index < -0.39 is 0 Å². The topological polar surface area (TPSA) is 9.23 Å². The molecule has 62 valence electrons. The molecule has 1 heterocycles. The van der Waals surface area contributed by atoms with E-state index in [1.165, 1.54) is 11.3 Å². The minimum atomic E-state index is 0.771. The fraction of sp³-hybridized carbons (Fsp3) is 0.556. The first-order chi connectivity index (χ1) is 5.38. The molecule has 0 bridgehead atoms. The van der Waals surface area contributed by atoms with Crippen LogP contribution in [-0.4, -0.2) is 6.61 Å². The molecule has 0 aromatic carbocycles. The Morgan fingerprint density at radius 2 is 2.27 bits per heavy atom. The third-order valence-electron chi connectivity index (χ3n) is 1.48. The molecule has 11 heavy (non-hydrogen) atoms. The zero-order valence-corrected chi connectivity index (χ0v) is 7.91. The van der Waals surface area contributed by atoms with Gasteiger partial charge in [0.2, 0.25) is 0 Å². The molecule has 0 saturated heterocycles. The summed E-state index contributed by atoms with van der Waals surface area (Å²) >= 11 is 1.79. The van der Waals surface area contributed by atoms with Gasteiger partial charge in [-0.05, 0) is 24.8 Å². The molecule has 2 heteroatoms. The molecule has 0 aliphatic rings. The quantitative estimate of drug-likeness (QED) is 0.674. The highest BCUT2D eigenvalue weighted by Crippen LogP contribution is 2.25. The molecular formula is C9H14OS. The molecule has 0 fully saturated rings. The summed E-state index contributed by atoms with van der Waals surface area (Å²) in [5.74, 6) is 1.08. The second-order valence-corrected chi connectivity index (χ2v) is 3.39. The highest BCUT2D eigenvalue weighted by Gasteiger charge is 2.02. The van der Waals surface area contributed by atoms with E-state index in [2.05, 4.69) is 18.4 Å². The predicted octanol–water partition coefficient (Wildman–Crippen LogP) is 3.10. The van der Waals surface area contributed by atoms with Crippen LogP contribution >= 0.6 is 11.3 Å². The molecule has 1 aromatic heterocycles. The maximum Gasteiger partial charge on any atom is 0.133 e. The van der Waals surface area contributed by atoms with E-state index in [-0.39, 0.29) is 0 Å². The van der Waals surface area contributed by atoms with E-state index in [1.807, 2.05) is 6.92 Å². The third kappa shape index (κ3) is 2.22. The molecule has 0 aliphatic heterocycles. The number of hydrogen-bond donors (Lipinski definition) is 0. The highest BCUT2D eigenvalue weighted by molar-refractivity contribution is 7.10. The van der Waals surface area contributed by atoms with Gasteiger partial charge in [0, 0.05) is 4.88 Å². The predicted molar refractivity (Wildman–Crippen MR) is 49.5 cm³/mol. The smallest absolute Gasteiger partial charge is 0.133 e. The second-order valence-electron chi connectivity index (χ2n) is 2.39. The Bertz CT molecular complexity index is 185. The van der Waals surface area contributed by atoms with Crippen LogP contribution in [-0.2, 0) is 6.42 Å². The van der Waals surface area contributed by atoms with Crippen LogP contribution in [0.4, 0.5) is 0 Å². The normalized spacial score (nSPS) is 10.0. The van der Waals surface area contributed by atoms with Crippen molar-refractivity contribution >= 4 is 11.3 Å². The van der Waals surface area contributed by atoms with Crippen LogP contribution in [0.15, 0.2) is 11.4 Å². The van der Waals surface area contributed by atoms with Crippen molar-refractivity contribution in [3.63, 3.8) is 0 Å². The van der Waals surface area contributed by atoms with Crippen molar-refractivity contribution in [2.75, 3.05) is 6.61 Å². The Morgan fingerprint density at radius 1 is 1.45 bits per heavy atom. The summed E-state index contributed by atoms with van der Waals surface area (Å²) in [6, 6.07) is 2.05. The van der Waals surface area contributed by atoms with Crippen LogP contribution in [0.3, 0.4) is 0 Å². The standard InChI is InChI=1S/C9H14OS/c1-3-5-9-8(10-4-2)6-7-11-9/h6-7H,3-5H2,1-2H3. The molecular weight excluding hydrogens is 156 g/mol. The van der Waals surface area contributed by atoms with Crippen LogP contribution in [0.25, 0.3) is 0 Å². The molecule has 0 unspecified atom stereocenters. The van der Waals surface area contributed by atoms with Gasteiger partial charge in [0.25, 0.3) is 0 Å². The first-order valence-electron chi connectivity index (χ1n) is 4.07. The Kier molecular flexibility index (Phi) is 3.43. The van der Waals surface area contributed by atoms with Gasteiger partial charge in [0.1, 0.15) is 5.75 Å². The zero-order valence-electron chi connectivity index (χ0n) is 7.09. The minimum absolute atomic E-state index is 0.771. The van der Waals surface area contributed by atoms with Gasteiger partial charge in [-0.3, -0.25) is 0 Å². The lowest BCUT2D eigenvalue weighted by atomic mass is 10.3. The van der Waals surface area contributed by atoms with Crippen LogP contribution in [0.5, 0.6) is 5.75 Å². The van der Waals surface area contributed by atoms with E-state index in [9.17, 15) is 0 Å². The molecule has 0 amide bonds. The summed E-state index contributed by atoms with van der Waals surface area (Å²) in [7, 11) is 0. The average molecular weight is 170 g/mol. The van der Waals surface area contributed by atoms with E-state index in [0.29, 0.717) is 0 Å². The van der Waals surface area contributed by atoms with E-state index >= 15 is 0 Å². The van der Waals surface area contributed by atoms with E-state index in [1.54, 1.807) is 11.3 Å². The highest BCUT2D eigenvalue weighted by atomic mass is 32.1. The van der Waals surface area contributed by atoms with Gasteiger partial charge in [0.15, 0.2) is 0 Å². The first kappa shape index (κ1) is 8.60. The SMILES string of the molecule is CCCc1sccc1OCC. The molecule has 1 aromatic rings. The van der Waals surface area contributed by atoms with Crippen molar-refractivity contribution in [3.05, 3.63) is 16.3 Å². The largest absolute Gasteiger partial charge is 0.493 e. The van der Waals surface area contributed by atoms with Crippen molar-refractivity contribution in [3.8, 4) is 5.75 Å². The van der Waals surface area contributed by atoms with Gasteiger partial charge in [-0.1, -0.05) is 13.3 Å². The maximum atomic E-state index is 5.44. The van der Waals surface area contributed by atoms with Crippen molar-refractivity contribution in [1.29, 1.82) is 0 Å². The summed E-state index contributed by atoms with van der Waals surface area (Å²) in [6.45, 7) is 4.98. The third-order valence-corrected chi connectivity index (χ3v) is 2.44. The van der Waals surface area contributed by atoms with Crippen LogP contribution in [0.2, 0.25) is 0 Å². The molecule has 0 saturated carbocycles. The van der Waals surface area contributed by atoms with E-state index in [0.717, 1.165) is 18.8 Å². The molecule has 0 atom stereocenters. The molecule has 1 nitrogen and oxygen atoms in total. The minimum Gasteiger partial charge on any atom is -0.493 e. The van der Waals surface area contributed by atoms with Gasteiger partial charge in [0.05, 0.1) is 6.61 Å². The average Bonchev–Trinajstić information content (AvgIpc) is 2.39. The monoisotopic (exact) mass is 170 g/mol. The summed E-state index contributed by atoms with van der Waals surface area (Å²) in [5.41, 5.74) is 0. The molecule has 0 N–H and O–H groups in total. The van der Waals surface area contributed by atoms with Crippen molar-refractivity contribution in [2.45, 2.75) is 26.7 Å². The lowest BCUT2D eigenvalue weighted by Crippen LogP contribution is -1.92. The van der Waals surface area contributed by atoms with E-state index in [4.69, 9.17) is 4.74 Å². The van der Waals surface area contributed by atoms with Gasteiger partial charge < -0.3 is 4.74 Å². The molecule has 1 rings (SSSR count). The van der Waals surface area contributed by atoms with Crippen molar-refractivity contribution < 1.29 is 4.74 Å². The Balaban J connectivity index is 2.62. The van der Waals surface area contributed by atoms with Gasteiger partial charge in [-0.25, -0.2) is 0 Å². The van der Waals surface area contributed by atoms with Gasteiger partial charge >= 0.3 is 0 Å². The summed E-state index contributed by atoms with van der Waals surface area (Å²) < 4.78 is 5.44. The van der Waals surface area contributed by atoms with Crippen LogP contribution < -0.4 is 4.74 Å². The fourth-order valence-corrected chi connectivity index (χ4v) is 1.94. The lowest BCUT2D eigenvalue weighted by Gasteiger charge is -2.02. The Hall–Kier alpha value is -0.500. The van der Waals surface area contributed by atoms with Gasteiger partial charge in [-0.15, -0.1) is 11.3 Å². The van der Waals surface area contributed by atoms with Crippen LogP contribution in [0.1, 0.15) is 25.1 Å². The zero-order chi connectivity index (χ0) is 8.10. The first-order valence-corrected chi connectivity index (χ1v) is 4.95. The van der Waals surface area contributed by atoms with Gasteiger partial charge in [-0.2, -0.15) is 0 Å². The number of ether oxygens (including phenoxy) is 1. The van der Waals surface area contributed by atoms with Crippen molar-refractivity contribution in [1.82, 2.24) is 0 Å². The number of hydrogen-bond acceptors (Lipinski definition) is 2. The Labute approximate surface area is 72.0 Å². The second kappa shape index (κ2) is 4.39. The molecule has 0 aliphatic carbocycles. The Morgan fingerprint density at radius 3 is 2.91 bits per heavy atom. The number of aryl methyl sites for hydroxylation is 1. The summed E-state index contributed by atoms with van der Waals surface area (Å²) in [6.07, 6.45) is 2.34.